The highest BCUT2D eigenvalue weighted by Crippen LogP contribution is 2.21. The zero-order valence-electron chi connectivity index (χ0n) is 11.5. The minimum absolute atomic E-state index is 0.0363. The Morgan fingerprint density at radius 1 is 1.00 bits per heavy atom. The predicted octanol–water partition coefficient (Wildman–Crippen LogP) is 3.18. The normalized spacial score (nSPS) is 16.1. The average Bonchev–Trinajstić information content (AvgIpc) is 2.53. The van der Waals surface area contributed by atoms with E-state index >= 15 is 0 Å². The minimum Gasteiger partial charge on any atom is -0.283 e. The van der Waals surface area contributed by atoms with Gasteiger partial charge in [-0.05, 0) is 23.1 Å². The Bertz CT molecular complexity index is 613. The molecule has 20 heavy (non-hydrogen) atoms. The lowest BCUT2D eigenvalue weighted by atomic mass is 9.97. The molecular weight excluding hydrogens is 244 g/mol. The summed E-state index contributed by atoms with van der Waals surface area (Å²) in [5.74, 6) is 0. The lowest BCUT2D eigenvalue weighted by molar-refractivity contribution is 0.214. The Labute approximate surface area is 120 Å². The van der Waals surface area contributed by atoms with E-state index in [1.165, 1.54) is 16.7 Å². The van der Waals surface area contributed by atoms with Gasteiger partial charge in [0.05, 0.1) is 6.07 Å². The second-order valence-corrected chi connectivity index (χ2v) is 5.32. The van der Waals surface area contributed by atoms with Crippen molar-refractivity contribution in [2.24, 2.45) is 0 Å². The summed E-state index contributed by atoms with van der Waals surface area (Å²) in [4.78, 5) is 2.30. The van der Waals surface area contributed by atoms with Crippen LogP contribution in [0, 0.1) is 11.3 Å². The highest BCUT2D eigenvalue weighted by molar-refractivity contribution is 5.30. The molecule has 1 heterocycles. The zero-order chi connectivity index (χ0) is 13.8. The lowest BCUT2D eigenvalue weighted by Crippen LogP contribution is -2.39. The molecule has 0 N–H and O–H groups in total. The minimum atomic E-state index is -0.0363. The molecule has 0 saturated heterocycles. The fourth-order valence-corrected chi connectivity index (χ4v) is 2.88. The van der Waals surface area contributed by atoms with E-state index in [2.05, 4.69) is 47.4 Å². The quantitative estimate of drug-likeness (QED) is 0.849. The first kappa shape index (κ1) is 12.9. The number of nitriles is 1. The first-order valence-electron chi connectivity index (χ1n) is 7.11. The van der Waals surface area contributed by atoms with E-state index in [4.69, 9.17) is 0 Å². The van der Waals surface area contributed by atoms with Gasteiger partial charge in [-0.2, -0.15) is 5.26 Å². The first-order valence-corrected chi connectivity index (χ1v) is 7.11. The van der Waals surface area contributed by atoms with E-state index in [1.54, 1.807) is 0 Å². The van der Waals surface area contributed by atoms with Gasteiger partial charge in [-0.1, -0.05) is 54.6 Å². The second-order valence-electron chi connectivity index (χ2n) is 5.32. The highest BCUT2D eigenvalue weighted by atomic mass is 15.2. The largest absolute Gasteiger partial charge is 0.283 e. The Morgan fingerprint density at radius 2 is 1.70 bits per heavy atom. The molecule has 0 spiro atoms. The molecule has 2 aromatic rings. The SMILES string of the molecule is N#CC(Cc1ccccc1)N1CCc2ccccc2C1. The molecule has 0 bridgehead atoms. The van der Waals surface area contributed by atoms with Crippen LogP contribution >= 0.6 is 0 Å². The molecule has 0 amide bonds. The molecule has 0 aliphatic carbocycles. The number of benzene rings is 2. The van der Waals surface area contributed by atoms with E-state index in [0.717, 1.165) is 25.9 Å². The molecule has 2 nitrogen and oxygen atoms in total. The fourth-order valence-electron chi connectivity index (χ4n) is 2.88. The third-order valence-corrected chi connectivity index (χ3v) is 4.02. The van der Waals surface area contributed by atoms with Crippen LogP contribution in [0.25, 0.3) is 0 Å². The summed E-state index contributed by atoms with van der Waals surface area (Å²) >= 11 is 0. The molecule has 0 fully saturated rings. The number of nitrogens with zero attached hydrogens (tertiary/aromatic N) is 2. The maximum Gasteiger partial charge on any atom is 0.102 e. The van der Waals surface area contributed by atoms with Crippen LogP contribution in [0.2, 0.25) is 0 Å². The lowest BCUT2D eigenvalue weighted by Gasteiger charge is -2.32. The van der Waals surface area contributed by atoms with Gasteiger partial charge in [0.15, 0.2) is 0 Å². The average molecular weight is 262 g/mol. The van der Waals surface area contributed by atoms with Crippen LogP contribution in [0.1, 0.15) is 16.7 Å². The molecule has 1 unspecified atom stereocenters. The summed E-state index contributed by atoms with van der Waals surface area (Å²) in [7, 11) is 0. The molecule has 2 aromatic carbocycles. The van der Waals surface area contributed by atoms with E-state index in [1.807, 2.05) is 18.2 Å². The third-order valence-electron chi connectivity index (χ3n) is 4.02. The molecule has 1 atom stereocenters. The first-order chi connectivity index (χ1) is 9.86. The van der Waals surface area contributed by atoms with E-state index in [-0.39, 0.29) is 6.04 Å². The molecule has 0 saturated carbocycles. The standard InChI is InChI=1S/C18H18N2/c19-13-18(12-15-6-2-1-3-7-15)20-11-10-16-8-4-5-9-17(16)14-20/h1-9,18H,10-12,14H2. The van der Waals surface area contributed by atoms with Gasteiger partial charge in [-0.3, -0.25) is 4.90 Å². The smallest absolute Gasteiger partial charge is 0.102 e. The number of hydrogen-bond acceptors (Lipinski definition) is 2. The van der Waals surface area contributed by atoms with Crippen molar-refractivity contribution < 1.29 is 0 Å². The van der Waals surface area contributed by atoms with E-state index in [0.29, 0.717) is 0 Å². The summed E-state index contributed by atoms with van der Waals surface area (Å²) < 4.78 is 0. The van der Waals surface area contributed by atoms with Crippen LogP contribution in [0.5, 0.6) is 0 Å². The van der Waals surface area contributed by atoms with Crippen LogP contribution in [0.3, 0.4) is 0 Å². The molecule has 0 aromatic heterocycles. The number of fused-ring (bicyclic) bond motifs is 1. The van der Waals surface area contributed by atoms with E-state index in [9.17, 15) is 5.26 Å². The van der Waals surface area contributed by atoms with Gasteiger partial charge in [0.1, 0.15) is 6.04 Å². The number of hydrogen-bond donors (Lipinski definition) is 0. The molecule has 0 radical (unpaired) electrons. The Kier molecular flexibility index (Phi) is 3.80. The number of rotatable bonds is 3. The Hall–Kier alpha value is -2.11. The van der Waals surface area contributed by atoms with Crippen LogP contribution in [0.4, 0.5) is 0 Å². The second kappa shape index (κ2) is 5.90. The van der Waals surface area contributed by atoms with Crippen molar-refractivity contribution in [2.45, 2.75) is 25.4 Å². The molecule has 100 valence electrons. The molecule has 1 aliphatic rings. The maximum atomic E-state index is 9.50. The maximum absolute atomic E-state index is 9.50. The van der Waals surface area contributed by atoms with Crippen molar-refractivity contribution in [3.05, 3.63) is 71.3 Å². The van der Waals surface area contributed by atoms with Crippen LogP contribution in [-0.2, 0) is 19.4 Å². The summed E-state index contributed by atoms with van der Waals surface area (Å²) in [5, 5.41) is 9.50. The van der Waals surface area contributed by atoms with Gasteiger partial charge in [0.2, 0.25) is 0 Å². The van der Waals surface area contributed by atoms with Crippen LogP contribution < -0.4 is 0 Å². The fraction of sp³-hybridized carbons (Fsp3) is 0.278. The van der Waals surface area contributed by atoms with Gasteiger partial charge in [-0.15, -0.1) is 0 Å². The van der Waals surface area contributed by atoms with Gasteiger partial charge in [0, 0.05) is 19.5 Å². The van der Waals surface area contributed by atoms with E-state index < -0.39 is 0 Å². The molecule has 3 rings (SSSR count). The summed E-state index contributed by atoms with van der Waals surface area (Å²) in [6, 6.07) is 21.3. The van der Waals surface area contributed by atoms with Crippen molar-refractivity contribution in [3.63, 3.8) is 0 Å². The van der Waals surface area contributed by atoms with Crippen molar-refractivity contribution in [1.29, 1.82) is 5.26 Å². The molecule has 1 aliphatic heterocycles. The summed E-state index contributed by atoms with van der Waals surface area (Å²) in [6.07, 6.45) is 1.85. The van der Waals surface area contributed by atoms with Gasteiger partial charge < -0.3 is 0 Å². The van der Waals surface area contributed by atoms with Crippen molar-refractivity contribution in [3.8, 4) is 6.07 Å². The summed E-state index contributed by atoms with van der Waals surface area (Å²) in [5.41, 5.74) is 4.03. The monoisotopic (exact) mass is 262 g/mol. The Balaban J connectivity index is 1.74. The zero-order valence-corrected chi connectivity index (χ0v) is 11.5. The third kappa shape index (κ3) is 2.74. The summed E-state index contributed by atoms with van der Waals surface area (Å²) in [6.45, 7) is 1.86. The highest BCUT2D eigenvalue weighted by Gasteiger charge is 2.23. The van der Waals surface area contributed by atoms with Crippen LogP contribution in [0.15, 0.2) is 54.6 Å². The van der Waals surface area contributed by atoms with Gasteiger partial charge in [0.25, 0.3) is 0 Å². The predicted molar refractivity (Wildman–Crippen MR) is 80.1 cm³/mol. The van der Waals surface area contributed by atoms with Gasteiger partial charge >= 0.3 is 0 Å². The van der Waals surface area contributed by atoms with Gasteiger partial charge in [-0.25, -0.2) is 0 Å². The Morgan fingerprint density at radius 3 is 2.45 bits per heavy atom. The molecule has 2 heteroatoms. The van der Waals surface area contributed by atoms with Crippen LogP contribution in [-0.4, -0.2) is 17.5 Å². The molecular formula is C18H18N2. The van der Waals surface area contributed by atoms with Crippen molar-refractivity contribution in [2.75, 3.05) is 6.54 Å². The van der Waals surface area contributed by atoms with Crippen molar-refractivity contribution >= 4 is 0 Å². The topological polar surface area (TPSA) is 27.0 Å². The van der Waals surface area contributed by atoms with Crippen molar-refractivity contribution in [1.82, 2.24) is 4.90 Å².